The number of nitrogens with zero attached hydrogens (tertiary/aromatic N) is 3. The Balaban J connectivity index is 2.95. The van der Waals surface area contributed by atoms with E-state index in [2.05, 4.69) is 9.97 Å². The van der Waals surface area contributed by atoms with Crippen LogP contribution in [0.3, 0.4) is 0 Å². The molecule has 84 valence electrons. The van der Waals surface area contributed by atoms with Crippen molar-refractivity contribution in [2.24, 2.45) is 0 Å². The second kappa shape index (κ2) is 6.35. The molecule has 0 unspecified atom stereocenters. The molecular formula is C9H9N3O2S2. The zero-order chi connectivity index (χ0) is 12.0. The van der Waals surface area contributed by atoms with Gasteiger partial charge >= 0.3 is 5.97 Å². The maximum Gasteiger partial charge on any atom is 0.313 e. The van der Waals surface area contributed by atoms with Crippen molar-refractivity contribution in [1.82, 2.24) is 9.97 Å². The largest absolute Gasteiger partial charge is 0.481 e. The fourth-order valence-corrected chi connectivity index (χ4v) is 2.35. The molecule has 1 heterocycles. The van der Waals surface area contributed by atoms with Gasteiger partial charge in [-0.05, 0) is 5.75 Å². The highest BCUT2D eigenvalue weighted by molar-refractivity contribution is 8.00. The fraction of sp³-hybridized carbons (Fsp3) is 0.333. The molecule has 1 N–H and O–H groups in total. The first-order chi connectivity index (χ1) is 7.69. The maximum atomic E-state index is 10.4. The summed E-state index contributed by atoms with van der Waals surface area (Å²) >= 11 is 2.47. The second-order valence-electron chi connectivity index (χ2n) is 2.59. The van der Waals surface area contributed by atoms with E-state index in [1.807, 2.05) is 13.0 Å². The summed E-state index contributed by atoms with van der Waals surface area (Å²) in [5, 5.41) is 18.6. The highest BCUT2D eigenvalue weighted by Gasteiger charge is 2.12. The molecule has 0 saturated heterocycles. The number of carbonyl (C=O) groups is 1. The van der Waals surface area contributed by atoms with Gasteiger partial charge in [0.15, 0.2) is 0 Å². The van der Waals surface area contributed by atoms with Crippen LogP contribution in [-0.2, 0) is 4.79 Å². The minimum atomic E-state index is -0.933. The van der Waals surface area contributed by atoms with Gasteiger partial charge in [0.05, 0.1) is 5.75 Å². The molecule has 0 saturated carbocycles. The standard InChI is InChI=1S/C9H9N3O2S2/c1-2-15-8-6(3-10)9(12-5-11-8)16-4-7(13)14/h5H,2,4H2,1H3,(H,13,14). The van der Waals surface area contributed by atoms with Crippen molar-refractivity contribution >= 4 is 29.5 Å². The monoisotopic (exact) mass is 255 g/mol. The quantitative estimate of drug-likeness (QED) is 0.632. The zero-order valence-corrected chi connectivity index (χ0v) is 10.1. The van der Waals surface area contributed by atoms with Crippen LogP contribution < -0.4 is 0 Å². The Morgan fingerprint density at radius 1 is 1.50 bits per heavy atom. The van der Waals surface area contributed by atoms with Gasteiger partial charge in [-0.15, -0.1) is 11.8 Å². The maximum absolute atomic E-state index is 10.4. The van der Waals surface area contributed by atoms with Crippen molar-refractivity contribution in [3.8, 4) is 6.07 Å². The molecular weight excluding hydrogens is 246 g/mol. The van der Waals surface area contributed by atoms with E-state index in [1.165, 1.54) is 18.1 Å². The van der Waals surface area contributed by atoms with Gasteiger partial charge in [0.25, 0.3) is 0 Å². The summed E-state index contributed by atoms with van der Waals surface area (Å²) in [5.41, 5.74) is 0.362. The Labute approximate surface area is 101 Å². The Kier molecular flexibility index (Phi) is 5.08. The molecule has 0 amide bonds. The summed E-state index contributed by atoms with van der Waals surface area (Å²) in [4.78, 5) is 18.3. The lowest BCUT2D eigenvalue weighted by Gasteiger charge is -2.04. The molecule has 0 spiro atoms. The van der Waals surface area contributed by atoms with Gasteiger partial charge in [-0.25, -0.2) is 9.97 Å². The van der Waals surface area contributed by atoms with Gasteiger partial charge in [-0.2, -0.15) is 5.26 Å². The lowest BCUT2D eigenvalue weighted by molar-refractivity contribution is -0.133. The summed E-state index contributed by atoms with van der Waals surface area (Å²) in [6.45, 7) is 1.96. The van der Waals surface area contributed by atoms with Crippen molar-refractivity contribution in [3.05, 3.63) is 11.9 Å². The van der Waals surface area contributed by atoms with Crippen LogP contribution in [0, 0.1) is 11.3 Å². The Morgan fingerprint density at radius 2 is 2.12 bits per heavy atom. The molecule has 0 radical (unpaired) electrons. The average Bonchev–Trinajstić information content (AvgIpc) is 2.27. The van der Waals surface area contributed by atoms with Crippen LogP contribution in [0.2, 0.25) is 0 Å². The Bertz CT molecular complexity index is 431. The third kappa shape index (κ3) is 3.40. The van der Waals surface area contributed by atoms with Crippen molar-refractivity contribution < 1.29 is 9.90 Å². The molecule has 0 fully saturated rings. The smallest absolute Gasteiger partial charge is 0.313 e. The molecule has 0 aliphatic heterocycles. The first-order valence-corrected chi connectivity index (χ1v) is 6.38. The lowest BCUT2D eigenvalue weighted by Crippen LogP contribution is -2.00. The predicted octanol–water partition coefficient (Wildman–Crippen LogP) is 1.64. The van der Waals surface area contributed by atoms with E-state index in [0.717, 1.165) is 17.5 Å². The van der Waals surface area contributed by atoms with Crippen LogP contribution in [-0.4, -0.2) is 32.5 Å². The summed E-state index contributed by atoms with van der Waals surface area (Å²) in [5.74, 6) is -0.242. The summed E-state index contributed by atoms with van der Waals surface area (Å²) < 4.78 is 0. The van der Waals surface area contributed by atoms with Gasteiger partial charge in [-0.3, -0.25) is 4.79 Å². The molecule has 7 heteroatoms. The second-order valence-corrected chi connectivity index (χ2v) is 4.80. The van der Waals surface area contributed by atoms with Gasteiger partial charge in [0.2, 0.25) is 0 Å². The molecule has 0 aliphatic carbocycles. The van der Waals surface area contributed by atoms with E-state index in [1.54, 1.807) is 0 Å². The van der Waals surface area contributed by atoms with E-state index in [4.69, 9.17) is 10.4 Å². The summed E-state index contributed by atoms with van der Waals surface area (Å²) in [7, 11) is 0. The molecule has 0 atom stereocenters. The average molecular weight is 255 g/mol. The Hall–Kier alpha value is -1.26. The number of rotatable bonds is 5. The molecule has 0 bridgehead atoms. The van der Waals surface area contributed by atoms with Gasteiger partial charge in [0.1, 0.15) is 28.0 Å². The number of hydrogen-bond donors (Lipinski definition) is 1. The highest BCUT2D eigenvalue weighted by atomic mass is 32.2. The minimum absolute atomic E-state index is 0.109. The van der Waals surface area contributed by atoms with Crippen LogP contribution in [0.15, 0.2) is 16.4 Å². The lowest BCUT2D eigenvalue weighted by atomic mass is 10.4. The number of hydrogen-bond acceptors (Lipinski definition) is 6. The molecule has 16 heavy (non-hydrogen) atoms. The SMILES string of the molecule is CCSc1ncnc(SCC(=O)O)c1C#N. The van der Waals surface area contributed by atoms with E-state index < -0.39 is 5.97 Å². The van der Waals surface area contributed by atoms with E-state index >= 15 is 0 Å². The fourth-order valence-electron chi connectivity index (χ4n) is 0.936. The van der Waals surface area contributed by atoms with Crippen molar-refractivity contribution in [3.63, 3.8) is 0 Å². The molecule has 1 aromatic rings. The van der Waals surface area contributed by atoms with Crippen LogP contribution >= 0.6 is 23.5 Å². The highest BCUT2D eigenvalue weighted by Crippen LogP contribution is 2.26. The normalized spacial score (nSPS) is 9.75. The van der Waals surface area contributed by atoms with Crippen molar-refractivity contribution in [2.45, 2.75) is 17.0 Å². The molecule has 5 nitrogen and oxygen atoms in total. The van der Waals surface area contributed by atoms with Gasteiger partial charge < -0.3 is 5.11 Å². The van der Waals surface area contributed by atoms with Gasteiger partial charge in [0, 0.05) is 0 Å². The van der Waals surface area contributed by atoms with E-state index in [-0.39, 0.29) is 5.75 Å². The van der Waals surface area contributed by atoms with Gasteiger partial charge in [-0.1, -0.05) is 18.7 Å². The van der Waals surface area contributed by atoms with Crippen molar-refractivity contribution in [2.75, 3.05) is 11.5 Å². The summed E-state index contributed by atoms with van der Waals surface area (Å²) in [6, 6.07) is 2.01. The Morgan fingerprint density at radius 3 is 2.62 bits per heavy atom. The zero-order valence-electron chi connectivity index (χ0n) is 8.51. The van der Waals surface area contributed by atoms with Crippen LogP contribution in [0.4, 0.5) is 0 Å². The molecule has 0 aliphatic rings. The number of aliphatic carboxylic acids is 1. The summed E-state index contributed by atoms with van der Waals surface area (Å²) in [6.07, 6.45) is 1.35. The molecule has 0 aromatic carbocycles. The third-order valence-corrected chi connectivity index (χ3v) is 3.35. The number of carboxylic acid groups (broad SMARTS) is 1. The van der Waals surface area contributed by atoms with E-state index in [0.29, 0.717) is 15.6 Å². The molecule has 1 aromatic heterocycles. The number of carboxylic acids is 1. The number of aromatic nitrogens is 2. The van der Waals surface area contributed by atoms with Crippen molar-refractivity contribution in [1.29, 1.82) is 5.26 Å². The first-order valence-electron chi connectivity index (χ1n) is 4.41. The van der Waals surface area contributed by atoms with Crippen LogP contribution in [0.5, 0.6) is 0 Å². The van der Waals surface area contributed by atoms with Crippen LogP contribution in [0.25, 0.3) is 0 Å². The predicted molar refractivity (Wildman–Crippen MR) is 61.5 cm³/mol. The van der Waals surface area contributed by atoms with Crippen LogP contribution in [0.1, 0.15) is 12.5 Å². The van der Waals surface area contributed by atoms with E-state index in [9.17, 15) is 4.79 Å². The first kappa shape index (κ1) is 12.8. The molecule has 1 rings (SSSR count). The number of thioether (sulfide) groups is 2. The minimum Gasteiger partial charge on any atom is -0.481 e. The number of nitriles is 1. The topological polar surface area (TPSA) is 86.9 Å². The third-order valence-electron chi connectivity index (χ3n) is 1.50.